The number of hydrogen-bond donors (Lipinski definition) is 0. The molecule has 118 valence electrons. The van der Waals surface area contributed by atoms with E-state index in [1.807, 2.05) is 18.0 Å². The van der Waals surface area contributed by atoms with E-state index >= 15 is 0 Å². The van der Waals surface area contributed by atoms with Crippen LogP contribution in [0.5, 0.6) is 0 Å². The molecule has 0 aromatic carbocycles. The van der Waals surface area contributed by atoms with E-state index in [9.17, 15) is 5.26 Å². The number of nitrogens with one attached hydrogen (secondary N) is 1. The molecule has 1 saturated heterocycles. The summed E-state index contributed by atoms with van der Waals surface area (Å²) in [5, 5.41) is 10.6. The van der Waals surface area contributed by atoms with Crippen molar-refractivity contribution in [2.75, 3.05) is 37.5 Å². The first kappa shape index (κ1) is 16.0. The number of rotatable bonds is 2. The van der Waals surface area contributed by atoms with Crippen molar-refractivity contribution in [3.63, 3.8) is 0 Å². The Labute approximate surface area is 140 Å². The third-order valence-electron chi connectivity index (χ3n) is 4.26. The second kappa shape index (κ2) is 6.31. The number of H-pyrrole nitrogens is 1. The van der Waals surface area contributed by atoms with Crippen LogP contribution in [-0.2, 0) is 16.9 Å². The molecule has 1 fully saturated rings. The maximum Gasteiger partial charge on any atom is 0.279 e. The Kier molecular flexibility index (Phi) is 4.58. The van der Waals surface area contributed by atoms with E-state index in [1.54, 1.807) is 11.8 Å². The van der Waals surface area contributed by atoms with Crippen LogP contribution in [0.2, 0.25) is 0 Å². The summed E-state index contributed by atoms with van der Waals surface area (Å²) in [5.74, 6) is 2.17. The Morgan fingerprint density at radius 3 is 2.68 bits per heavy atom. The fourth-order valence-corrected chi connectivity index (χ4v) is 4.76. The zero-order valence-corrected chi connectivity index (χ0v) is 15.0. The largest absolute Gasteiger partial charge is 0.373 e. The summed E-state index contributed by atoms with van der Waals surface area (Å²) < 4.78 is 5.67. The summed E-state index contributed by atoms with van der Waals surface area (Å²) in [4.78, 5) is 5.91. The first-order valence-electron chi connectivity index (χ1n) is 7.57. The Bertz CT molecular complexity index is 619. The molecule has 2 aliphatic rings. The molecule has 4 nitrogen and oxygen atoms in total. The lowest BCUT2D eigenvalue weighted by Crippen LogP contribution is -2.42. The minimum atomic E-state index is 0.192. The maximum atomic E-state index is 9.65. The van der Waals surface area contributed by atoms with Crippen LogP contribution in [0.3, 0.4) is 0 Å². The SMILES string of the molecule is CSc1[nH+]c(N2CCOCC2)c2c(c1C#N)CC(C)(C)SC2. The van der Waals surface area contributed by atoms with Crippen molar-refractivity contribution in [2.24, 2.45) is 0 Å². The summed E-state index contributed by atoms with van der Waals surface area (Å²) in [5.41, 5.74) is 3.41. The number of aromatic amines is 1. The highest BCUT2D eigenvalue weighted by Crippen LogP contribution is 2.43. The number of thioether (sulfide) groups is 2. The first-order valence-corrected chi connectivity index (χ1v) is 9.78. The van der Waals surface area contributed by atoms with Gasteiger partial charge in [0.15, 0.2) is 5.03 Å². The van der Waals surface area contributed by atoms with Gasteiger partial charge in [-0.2, -0.15) is 17.0 Å². The molecule has 1 aromatic heterocycles. The van der Waals surface area contributed by atoms with E-state index < -0.39 is 0 Å². The minimum absolute atomic E-state index is 0.192. The standard InChI is InChI=1S/C16H21N3OS2/c1-16(2)8-11-12(9-17)15(21-3)18-14(13(11)10-22-16)19-4-6-20-7-5-19/h4-8,10H2,1-3H3/p+1. The summed E-state index contributed by atoms with van der Waals surface area (Å²) >= 11 is 3.61. The summed E-state index contributed by atoms with van der Waals surface area (Å²) in [6.45, 7) is 7.91. The van der Waals surface area contributed by atoms with Gasteiger partial charge in [0.2, 0.25) is 0 Å². The van der Waals surface area contributed by atoms with Gasteiger partial charge in [-0.25, -0.2) is 4.98 Å². The number of nitrogens with zero attached hydrogens (tertiary/aromatic N) is 2. The second-order valence-electron chi connectivity index (χ2n) is 6.28. The van der Waals surface area contributed by atoms with Crippen LogP contribution in [0.25, 0.3) is 0 Å². The van der Waals surface area contributed by atoms with Crippen LogP contribution in [0, 0.1) is 11.3 Å². The first-order chi connectivity index (χ1) is 10.6. The lowest BCUT2D eigenvalue weighted by molar-refractivity contribution is -0.414. The molecule has 0 saturated carbocycles. The highest BCUT2D eigenvalue weighted by molar-refractivity contribution is 8.00. The van der Waals surface area contributed by atoms with Crippen molar-refractivity contribution in [3.8, 4) is 6.07 Å². The van der Waals surface area contributed by atoms with Crippen molar-refractivity contribution in [3.05, 3.63) is 16.7 Å². The number of hydrogen-bond acceptors (Lipinski definition) is 5. The van der Waals surface area contributed by atoms with Gasteiger partial charge in [0.25, 0.3) is 5.82 Å². The highest BCUT2D eigenvalue weighted by atomic mass is 32.2. The number of pyridine rings is 1. The normalized spacial score (nSPS) is 20.4. The van der Waals surface area contributed by atoms with Gasteiger partial charge in [-0.05, 0) is 18.2 Å². The molecular weight excluding hydrogens is 314 g/mol. The van der Waals surface area contributed by atoms with E-state index in [1.165, 1.54) is 16.9 Å². The molecule has 1 aromatic rings. The molecular formula is C16H22N3OS2+. The van der Waals surface area contributed by atoms with Crippen LogP contribution in [0.15, 0.2) is 5.03 Å². The molecule has 0 atom stereocenters. The lowest BCUT2D eigenvalue weighted by Gasteiger charge is -2.33. The monoisotopic (exact) mass is 336 g/mol. The molecule has 0 bridgehead atoms. The van der Waals surface area contributed by atoms with Crippen molar-refractivity contribution in [1.29, 1.82) is 5.26 Å². The number of nitriles is 1. The smallest absolute Gasteiger partial charge is 0.279 e. The number of fused-ring (bicyclic) bond motifs is 1. The molecule has 0 spiro atoms. The molecule has 2 aliphatic heterocycles. The maximum absolute atomic E-state index is 9.65. The third-order valence-corrected chi connectivity index (χ3v) is 6.34. The summed E-state index contributed by atoms with van der Waals surface area (Å²) in [6.07, 6.45) is 2.99. The van der Waals surface area contributed by atoms with Crippen LogP contribution >= 0.6 is 23.5 Å². The average molecular weight is 337 g/mol. The van der Waals surface area contributed by atoms with E-state index in [2.05, 4.69) is 29.8 Å². The summed E-state index contributed by atoms with van der Waals surface area (Å²) in [7, 11) is 0. The van der Waals surface area contributed by atoms with Crippen molar-refractivity contribution < 1.29 is 9.72 Å². The van der Waals surface area contributed by atoms with Crippen molar-refractivity contribution in [2.45, 2.75) is 35.8 Å². The van der Waals surface area contributed by atoms with Crippen LogP contribution in [-0.4, -0.2) is 37.3 Å². The minimum Gasteiger partial charge on any atom is -0.373 e. The zero-order chi connectivity index (χ0) is 15.7. The average Bonchev–Trinajstić information content (AvgIpc) is 2.53. The molecule has 3 heterocycles. The lowest BCUT2D eigenvalue weighted by atomic mass is 9.94. The Balaban J connectivity index is 2.13. The Morgan fingerprint density at radius 1 is 1.32 bits per heavy atom. The molecule has 0 unspecified atom stereocenters. The van der Waals surface area contributed by atoms with Gasteiger partial charge in [0.05, 0.1) is 18.8 Å². The molecule has 0 aliphatic carbocycles. The van der Waals surface area contributed by atoms with E-state index in [0.29, 0.717) is 0 Å². The fraction of sp³-hybridized carbons (Fsp3) is 0.625. The van der Waals surface area contributed by atoms with E-state index in [0.717, 1.165) is 49.1 Å². The Morgan fingerprint density at radius 2 is 2.05 bits per heavy atom. The molecule has 0 amide bonds. The second-order valence-corrected chi connectivity index (χ2v) is 8.77. The molecule has 0 radical (unpaired) electrons. The van der Waals surface area contributed by atoms with E-state index in [4.69, 9.17) is 4.74 Å². The molecule has 1 N–H and O–H groups in total. The predicted molar refractivity (Wildman–Crippen MR) is 91.6 cm³/mol. The van der Waals surface area contributed by atoms with Gasteiger partial charge in [-0.3, -0.25) is 4.90 Å². The van der Waals surface area contributed by atoms with Gasteiger partial charge in [0.1, 0.15) is 24.7 Å². The number of aromatic nitrogens is 1. The summed E-state index contributed by atoms with van der Waals surface area (Å²) in [6, 6.07) is 2.44. The quantitative estimate of drug-likeness (QED) is 0.777. The van der Waals surface area contributed by atoms with Gasteiger partial charge in [0, 0.05) is 10.5 Å². The highest BCUT2D eigenvalue weighted by Gasteiger charge is 2.36. The number of anilines is 1. The van der Waals surface area contributed by atoms with Crippen molar-refractivity contribution in [1.82, 2.24) is 0 Å². The molecule has 22 heavy (non-hydrogen) atoms. The van der Waals surface area contributed by atoms with Crippen molar-refractivity contribution >= 4 is 29.3 Å². The van der Waals surface area contributed by atoms with Crippen LogP contribution < -0.4 is 9.88 Å². The number of morpholine rings is 1. The van der Waals surface area contributed by atoms with Gasteiger partial charge in [-0.15, -0.1) is 0 Å². The molecule has 6 heteroatoms. The number of ether oxygens (including phenoxy) is 1. The predicted octanol–water partition coefficient (Wildman–Crippen LogP) is 2.50. The molecule has 3 rings (SSSR count). The Hall–Kier alpha value is -0.900. The van der Waals surface area contributed by atoms with Crippen LogP contribution in [0.4, 0.5) is 5.82 Å². The third kappa shape index (κ3) is 2.94. The van der Waals surface area contributed by atoms with Gasteiger partial charge < -0.3 is 4.74 Å². The van der Waals surface area contributed by atoms with Crippen LogP contribution in [0.1, 0.15) is 30.5 Å². The zero-order valence-electron chi connectivity index (χ0n) is 13.4. The van der Waals surface area contributed by atoms with E-state index in [-0.39, 0.29) is 4.75 Å². The fourth-order valence-electron chi connectivity index (χ4n) is 3.10. The van der Waals surface area contributed by atoms with Gasteiger partial charge >= 0.3 is 0 Å². The topological polar surface area (TPSA) is 50.4 Å². The van der Waals surface area contributed by atoms with Gasteiger partial charge in [-0.1, -0.05) is 25.6 Å².